The number of carboxylic acids is 1. The molecule has 0 saturated heterocycles. The van der Waals surface area contributed by atoms with Gasteiger partial charge in [-0.2, -0.15) is 5.10 Å². The third-order valence-corrected chi connectivity index (χ3v) is 5.48. The Morgan fingerprint density at radius 3 is 2.41 bits per heavy atom. The molecule has 144 valence electrons. The van der Waals surface area contributed by atoms with Gasteiger partial charge in [-0.1, -0.05) is 31.4 Å². The van der Waals surface area contributed by atoms with Crippen LogP contribution < -0.4 is 5.32 Å². The Kier molecular flexibility index (Phi) is 5.04. The molecule has 2 N–H and O–H groups in total. The Morgan fingerprint density at radius 1 is 1.19 bits per heavy atom. The zero-order valence-corrected chi connectivity index (χ0v) is 15.5. The summed E-state index contributed by atoms with van der Waals surface area (Å²) in [6, 6.07) is 6.12. The first-order valence-electron chi connectivity index (χ1n) is 9.12. The number of aromatic nitrogens is 2. The first kappa shape index (κ1) is 19.1. The molecule has 1 fully saturated rings. The van der Waals surface area contributed by atoms with Gasteiger partial charge in [0.15, 0.2) is 5.54 Å². The average Bonchev–Trinajstić information content (AvgIpc) is 3.12. The molecule has 1 heterocycles. The molecule has 1 amide bonds. The monoisotopic (exact) mass is 373 g/mol. The standard InChI is InChI=1S/C20H24FN3O3/c1-19(2,18(26)27)24-13-16(12-22-24)23-17(25)20(10-4-3-5-11-20)14-6-8-15(21)9-7-14/h6-9,12-13H,3-5,10-11H2,1-2H3,(H,23,25)(H,26,27). The van der Waals surface area contributed by atoms with E-state index in [0.29, 0.717) is 18.5 Å². The Labute approximate surface area is 157 Å². The van der Waals surface area contributed by atoms with Crippen LogP contribution in [0.4, 0.5) is 10.1 Å². The lowest BCUT2D eigenvalue weighted by molar-refractivity contribution is -0.146. The lowest BCUT2D eigenvalue weighted by atomic mass is 9.68. The number of hydrogen-bond acceptors (Lipinski definition) is 3. The summed E-state index contributed by atoms with van der Waals surface area (Å²) in [4.78, 5) is 24.6. The van der Waals surface area contributed by atoms with Gasteiger partial charge < -0.3 is 10.4 Å². The maximum absolute atomic E-state index is 13.3. The van der Waals surface area contributed by atoms with Crippen molar-refractivity contribution in [2.45, 2.75) is 56.9 Å². The summed E-state index contributed by atoms with van der Waals surface area (Å²) in [6.07, 6.45) is 7.28. The van der Waals surface area contributed by atoms with Gasteiger partial charge in [0.05, 0.1) is 17.3 Å². The lowest BCUT2D eigenvalue weighted by Crippen LogP contribution is -2.42. The van der Waals surface area contributed by atoms with E-state index in [-0.39, 0.29) is 11.7 Å². The van der Waals surface area contributed by atoms with E-state index >= 15 is 0 Å². The molecule has 0 unspecified atom stereocenters. The number of hydrogen-bond donors (Lipinski definition) is 2. The van der Waals surface area contributed by atoms with E-state index in [1.165, 1.54) is 43.1 Å². The topological polar surface area (TPSA) is 84.2 Å². The van der Waals surface area contributed by atoms with Crippen LogP contribution in [0.15, 0.2) is 36.7 Å². The Bertz CT molecular complexity index is 836. The van der Waals surface area contributed by atoms with Gasteiger partial charge in [0, 0.05) is 6.20 Å². The summed E-state index contributed by atoms with van der Waals surface area (Å²) in [5.74, 6) is -1.51. The number of carbonyl (C=O) groups excluding carboxylic acids is 1. The highest BCUT2D eigenvalue weighted by Gasteiger charge is 2.41. The molecular formula is C20H24FN3O3. The summed E-state index contributed by atoms with van der Waals surface area (Å²) < 4.78 is 14.7. The SMILES string of the molecule is CC(C)(C(=O)O)n1cc(NC(=O)C2(c3ccc(F)cc3)CCCCC2)cn1. The Balaban J connectivity index is 1.87. The first-order chi connectivity index (χ1) is 12.8. The molecule has 6 nitrogen and oxygen atoms in total. The van der Waals surface area contributed by atoms with Crippen molar-refractivity contribution >= 4 is 17.6 Å². The minimum atomic E-state index is -1.22. The number of rotatable bonds is 5. The number of aliphatic carboxylic acids is 1. The van der Waals surface area contributed by atoms with Crippen molar-refractivity contribution in [1.29, 1.82) is 0 Å². The highest BCUT2D eigenvalue weighted by atomic mass is 19.1. The van der Waals surface area contributed by atoms with Crippen LogP contribution in [0.1, 0.15) is 51.5 Å². The largest absolute Gasteiger partial charge is 0.479 e. The zero-order chi connectivity index (χ0) is 19.7. The van der Waals surface area contributed by atoms with Gasteiger partial charge in [0.1, 0.15) is 5.82 Å². The molecule has 1 aliphatic rings. The molecular weight excluding hydrogens is 349 g/mol. The maximum atomic E-state index is 13.3. The second kappa shape index (κ2) is 7.13. The van der Waals surface area contributed by atoms with E-state index in [0.717, 1.165) is 24.8 Å². The summed E-state index contributed by atoms with van der Waals surface area (Å²) in [7, 11) is 0. The second-order valence-electron chi connectivity index (χ2n) is 7.64. The summed E-state index contributed by atoms with van der Waals surface area (Å²) in [6.45, 7) is 3.07. The predicted molar refractivity (Wildman–Crippen MR) is 99.0 cm³/mol. The van der Waals surface area contributed by atoms with Gasteiger partial charge >= 0.3 is 5.97 Å². The lowest BCUT2D eigenvalue weighted by Gasteiger charge is -2.36. The van der Waals surface area contributed by atoms with Crippen molar-refractivity contribution in [3.63, 3.8) is 0 Å². The molecule has 3 rings (SSSR count). The first-order valence-corrected chi connectivity index (χ1v) is 9.12. The molecule has 2 aromatic rings. The number of carbonyl (C=O) groups is 2. The summed E-state index contributed by atoms with van der Waals surface area (Å²) >= 11 is 0. The number of carboxylic acid groups (broad SMARTS) is 1. The molecule has 1 aromatic heterocycles. The number of nitrogens with zero attached hydrogens (tertiary/aromatic N) is 2. The number of amides is 1. The fourth-order valence-corrected chi connectivity index (χ4v) is 3.61. The fourth-order valence-electron chi connectivity index (χ4n) is 3.61. The van der Waals surface area contributed by atoms with E-state index in [1.807, 2.05) is 0 Å². The van der Waals surface area contributed by atoms with Crippen molar-refractivity contribution in [2.24, 2.45) is 0 Å². The predicted octanol–water partition coefficient (Wildman–Crippen LogP) is 3.68. The van der Waals surface area contributed by atoms with E-state index in [1.54, 1.807) is 12.1 Å². The van der Waals surface area contributed by atoms with Gasteiger partial charge in [-0.05, 0) is 44.4 Å². The normalized spacial score (nSPS) is 16.7. The molecule has 0 aliphatic heterocycles. The van der Waals surface area contributed by atoms with Crippen LogP contribution in [0.5, 0.6) is 0 Å². The van der Waals surface area contributed by atoms with E-state index in [2.05, 4.69) is 10.4 Å². The number of anilines is 1. The minimum Gasteiger partial charge on any atom is -0.479 e. The summed E-state index contributed by atoms with van der Waals surface area (Å²) in [5, 5.41) is 16.3. The molecule has 1 aromatic carbocycles. The van der Waals surface area contributed by atoms with Crippen LogP contribution in [0.3, 0.4) is 0 Å². The number of halogens is 1. The molecule has 1 saturated carbocycles. The molecule has 1 aliphatic carbocycles. The van der Waals surface area contributed by atoms with E-state index in [4.69, 9.17) is 0 Å². The second-order valence-corrected chi connectivity index (χ2v) is 7.64. The maximum Gasteiger partial charge on any atom is 0.331 e. The summed E-state index contributed by atoms with van der Waals surface area (Å²) in [5.41, 5.74) is -0.681. The van der Waals surface area contributed by atoms with Crippen LogP contribution in [-0.2, 0) is 20.5 Å². The molecule has 0 atom stereocenters. The number of nitrogens with one attached hydrogen (secondary N) is 1. The molecule has 0 bridgehead atoms. The quantitative estimate of drug-likeness (QED) is 0.837. The van der Waals surface area contributed by atoms with Crippen LogP contribution in [-0.4, -0.2) is 26.8 Å². The minimum absolute atomic E-state index is 0.165. The molecule has 0 spiro atoms. The van der Waals surface area contributed by atoms with Crippen LogP contribution in [0.25, 0.3) is 0 Å². The third-order valence-electron chi connectivity index (χ3n) is 5.48. The van der Waals surface area contributed by atoms with Crippen molar-refractivity contribution in [2.75, 3.05) is 5.32 Å². The Morgan fingerprint density at radius 2 is 1.81 bits per heavy atom. The molecule has 7 heteroatoms. The van der Waals surface area contributed by atoms with E-state index in [9.17, 15) is 19.1 Å². The zero-order valence-electron chi connectivity index (χ0n) is 15.5. The molecule has 27 heavy (non-hydrogen) atoms. The van der Waals surface area contributed by atoms with Crippen molar-refractivity contribution in [1.82, 2.24) is 9.78 Å². The van der Waals surface area contributed by atoms with Gasteiger partial charge in [-0.3, -0.25) is 9.48 Å². The third kappa shape index (κ3) is 3.59. The van der Waals surface area contributed by atoms with Crippen LogP contribution in [0, 0.1) is 5.82 Å². The highest BCUT2D eigenvalue weighted by molar-refractivity contribution is 5.99. The number of benzene rings is 1. The average molecular weight is 373 g/mol. The van der Waals surface area contributed by atoms with Crippen molar-refractivity contribution in [3.05, 3.63) is 48.0 Å². The van der Waals surface area contributed by atoms with Crippen molar-refractivity contribution in [3.8, 4) is 0 Å². The van der Waals surface area contributed by atoms with Gasteiger partial charge in [0.25, 0.3) is 0 Å². The van der Waals surface area contributed by atoms with Crippen molar-refractivity contribution < 1.29 is 19.1 Å². The van der Waals surface area contributed by atoms with Crippen LogP contribution in [0.2, 0.25) is 0 Å². The fraction of sp³-hybridized carbons (Fsp3) is 0.450. The van der Waals surface area contributed by atoms with Gasteiger partial charge in [0.2, 0.25) is 5.91 Å². The molecule has 0 radical (unpaired) electrons. The smallest absolute Gasteiger partial charge is 0.331 e. The Hall–Kier alpha value is -2.70. The van der Waals surface area contributed by atoms with Crippen LogP contribution >= 0.6 is 0 Å². The van der Waals surface area contributed by atoms with E-state index < -0.39 is 16.9 Å². The highest BCUT2D eigenvalue weighted by Crippen LogP contribution is 2.40. The van der Waals surface area contributed by atoms with Gasteiger partial charge in [-0.15, -0.1) is 0 Å². The van der Waals surface area contributed by atoms with Gasteiger partial charge in [-0.25, -0.2) is 9.18 Å².